The lowest BCUT2D eigenvalue weighted by Gasteiger charge is -2.10. The first-order chi connectivity index (χ1) is 15.4. The zero-order valence-electron chi connectivity index (χ0n) is 17.1. The fraction of sp³-hybridized carbons (Fsp3) is 0.368. The van der Waals surface area contributed by atoms with Gasteiger partial charge in [0.15, 0.2) is 17.0 Å². The minimum Gasteiger partial charge on any atom is -0.323 e. The van der Waals surface area contributed by atoms with Crippen molar-refractivity contribution in [2.24, 2.45) is 0 Å². The average Bonchev–Trinajstić information content (AvgIpc) is 3.36. The number of benzene rings is 1. The maximum absolute atomic E-state index is 12.9. The molecule has 10 nitrogen and oxygen atoms in total. The Bertz CT molecular complexity index is 1390. The summed E-state index contributed by atoms with van der Waals surface area (Å²) in [5.74, 6) is 0.505. The van der Waals surface area contributed by atoms with E-state index in [1.807, 2.05) is 13.0 Å². The maximum atomic E-state index is 12.9. The van der Waals surface area contributed by atoms with E-state index >= 15 is 0 Å². The van der Waals surface area contributed by atoms with Gasteiger partial charge in [0.1, 0.15) is 0 Å². The van der Waals surface area contributed by atoms with Gasteiger partial charge in [-0.15, -0.1) is 10.2 Å². The van der Waals surface area contributed by atoms with Crippen LogP contribution in [-0.2, 0) is 26.1 Å². The molecule has 1 N–H and O–H groups in total. The van der Waals surface area contributed by atoms with E-state index in [2.05, 4.69) is 25.4 Å². The summed E-state index contributed by atoms with van der Waals surface area (Å²) >= 11 is 18.0. The highest BCUT2D eigenvalue weighted by Gasteiger charge is 2.16. The molecule has 3 heterocycles. The summed E-state index contributed by atoms with van der Waals surface area (Å²) in [5, 5.41) is 13.6. The normalized spacial score (nSPS) is 11.5. The molecule has 0 amide bonds. The topological polar surface area (TPSA) is 116 Å². The minimum atomic E-state index is -0.457. The number of hydrogen-bond acceptors (Lipinski definition) is 6. The second kappa shape index (κ2) is 9.43. The van der Waals surface area contributed by atoms with Crippen LogP contribution in [-0.4, -0.2) is 39.3 Å². The van der Waals surface area contributed by atoms with Crippen molar-refractivity contribution < 1.29 is 0 Å². The number of hydrogen-bond donors (Lipinski definition) is 1. The van der Waals surface area contributed by atoms with Crippen LogP contribution in [0.15, 0.2) is 27.8 Å². The highest BCUT2D eigenvalue weighted by atomic mass is 35.5. The largest absolute Gasteiger partial charge is 0.332 e. The van der Waals surface area contributed by atoms with Crippen LogP contribution in [0.4, 0.5) is 0 Å². The summed E-state index contributed by atoms with van der Waals surface area (Å²) in [6.45, 7) is 2.93. The molecular formula is C19H19Cl3N8O2. The number of aryl methyl sites for hydroxylation is 2. The molecule has 0 aliphatic rings. The summed E-state index contributed by atoms with van der Waals surface area (Å²) in [4.78, 5) is 33.9. The van der Waals surface area contributed by atoms with Gasteiger partial charge < -0.3 is 4.98 Å². The highest BCUT2D eigenvalue weighted by molar-refractivity contribution is 6.35. The Hall–Kier alpha value is -2.69. The Morgan fingerprint density at radius 2 is 1.88 bits per heavy atom. The molecule has 4 rings (SSSR count). The quantitative estimate of drug-likeness (QED) is 0.374. The van der Waals surface area contributed by atoms with E-state index in [0.717, 1.165) is 5.56 Å². The van der Waals surface area contributed by atoms with Gasteiger partial charge in [-0.1, -0.05) is 36.2 Å². The SMILES string of the molecule is CCCn1c(=O)n(CCCn2nnc(Cc3ccc(Cl)cc3Cl)n2)c(=O)c2[nH]c(Cl)nc21. The molecule has 1 aromatic carbocycles. The average molecular weight is 498 g/mol. The standard InChI is InChI=1S/C19H19Cl3N8O2/c1-2-6-28-16-15(23-18(22)24-16)17(31)29(19(28)32)7-3-8-30-26-14(25-27-30)9-11-4-5-12(20)10-13(11)21/h4-5,10H,2-3,6-9H2,1H3,(H,23,24). The van der Waals surface area contributed by atoms with Crippen molar-refractivity contribution >= 4 is 46.0 Å². The molecule has 0 spiro atoms. The van der Waals surface area contributed by atoms with Gasteiger partial charge in [0.05, 0.1) is 6.54 Å². The first kappa shape index (κ1) is 22.5. The summed E-state index contributed by atoms with van der Waals surface area (Å²) in [6.07, 6.45) is 1.57. The molecular weight excluding hydrogens is 479 g/mol. The molecule has 4 aromatic rings. The molecule has 0 aliphatic carbocycles. The van der Waals surface area contributed by atoms with Crippen LogP contribution >= 0.6 is 34.8 Å². The minimum absolute atomic E-state index is 0.0687. The third kappa shape index (κ3) is 4.57. The Labute approximate surface area is 196 Å². The van der Waals surface area contributed by atoms with Gasteiger partial charge in [-0.2, -0.15) is 9.78 Å². The van der Waals surface area contributed by atoms with Crippen LogP contribution < -0.4 is 11.2 Å². The van der Waals surface area contributed by atoms with Gasteiger partial charge in [-0.25, -0.2) is 4.79 Å². The molecule has 0 bridgehead atoms. The zero-order valence-corrected chi connectivity index (χ0v) is 19.3. The van der Waals surface area contributed by atoms with Gasteiger partial charge >= 0.3 is 5.69 Å². The molecule has 168 valence electrons. The first-order valence-corrected chi connectivity index (χ1v) is 11.1. The fourth-order valence-electron chi connectivity index (χ4n) is 3.41. The maximum Gasteiger partial charge on any atom is 0.332 e. The fourth-order valence-corrected chi connectivity index (χ4v) is 4.06. The van der Waals surface area contributed by atoms with Crippen LogP contribution in [0.3, 0.4) is 0 Å². The van der Waals surface area contributed by atoms with Gasteiger partial charge in [0.25, 0.3) is 5.56 Å². The van der Waals surface area contributed by atoms with Crippen LogP contribution in [0.1, 0.15) is 31.2 Å². The molecule has 32 heavy (non-hydrogen) atoms. The van der Waals surface area contributed by atoms with Crippen molar-refractivity contribution in [2.45, 2.75) is 45.8 Å². The van der Waals surface area contributed by atoms with Crippen LogP contribution in [0.2, 0.25) is 15.3 Å². The zero-order chi connectivity index (χ0) is 22.8. The van der Waals surface area contributed by atoms with E-state index in [9.17, 15) is 9.59 Å². The number of imidazole rings is 1. The molecule has 3 aromatic heterocycles. The molecule has 0 unspecified atom stereocenters. The van der Waals surface area contributed by atoms with Crippen molar-refractivity contribution in [3.8, 4) is 0 Å². The molecule has 0 saturated heterocycles. The number of tetrazole rings is 1. The smallest absolute Gasteiger partial charge is 0.323 e. The highest BCUT2D eigenvalue weighted by Crippen LogP contribution is 2.22. The summed E-state index contributed by atoms with van der Waals surface area (Å²) in [5.41, 5.74) is 0.444. The second-order valence-electron chi connectivity index (χ2n) is 7.18. The Kier molecular flexibility index (Phi) is 6.63. The van der Waals surface area contributed by atoms with Gasteiger partial charge in [-0.05, 0) is 47.4 Å². The molecule has 13 heteroatoms. The lowest BCUT2D eigenvalue weighted by atomic mass is 10.1. The van der Waals surface area contributed by atoms with Gasteiger partial charge in [0, 0.05) is 29.6 Å². The Morgan fingerprint density at radius 3 is 2.62 bits per heavy atom. The predicted octanol–water partition coefficient (Wildman–Crippen LogP) is 2.92. The number of nitrogens with one attached hydrogen (secondary N) is 1. The van der Waals surface area contributed by atoms with E-state index in [-0.39, 0.29) is 23.0 Å². The number of nitrogens with zero attached hydrogens (tertiary/aromatic N) is 7. The number of H-pyrrole nitrogens is 1. The van der Waals surface area contributed by atoms with Crippen LogP contribution in [0.5, 0.6) is 0 Å². The number of rotatable bonds is 8. The van der Waals surface area contributed by atoms with Crippen molar-refractivity contribution in [1.29, 1.82) is 0 Å². The predicted molar refractivity (Wildman–Crippen MR) is 122 cm³/mol. The molecule has 0 atom stereocenters. The lowest BCUT2D eigenvalue weighted by Crippen LogP contribution is -2.40. The third-order valence-corrected chi connectivity index (χ3v) is 5.64. The molecule has 0 saturated carbocycles. The van der Waals surface area contributed by atoms with Crippen molar-refractivity contribution in [3.05, 3.63) is 65.8 Å². The van der Waals surface area contributed by atoms with Crippen LogP contribution in [0, 0.1) is 0 Å². The third-order valence-electron chi connectivity index (χ3n) is 4.88. The first-order valence-electron chi connectivity index (χ1n) is 9.96. The van der Waals surface area contributed by atoms with Gasteiger partial charge in [0.2, 0.25) is 5.28 Å². The van der Waals surface area contributed by atoms with Crippen molar-refractivity contribution in [2.75, 3.05) is 0 Å². The van der Waals surface area contributed by atoms with Crippen molar-refractivity contribution in [3.63, 3.8) is 0 Å². The van der Waals surface area contributed by atoms with Crippen molar-refractivity contribution in [1.82, 2.24) is 39.3 Å². The Balaban J connectivity index is 1.48. The van der Waals surface area contributed by atoms with E-state index in [0.29, 0.717) is 48.2 Å². The van der Waals surface area contributed by atoms with E-state index in [1.54, 1.807) is 12.1 Å². The number of fused-ring (bicyclic) bond motifs is 1. The second-order valence-corrected chi connectivity index (χ2v) is 8.39. The van der Waals surface area contributed by atoms with Crippen LogP contribution in [0.25, 0.3) is 11.2 Å². The number of aromatic nitrogens is 8. The number of halogens is 3. The van der Waals surface area contributed by atoms with E-state index in [4.69, 9.17) is 34.8 Å². The lowest BCUT2D eigenvalue weighted by molar-refractivity contribution is 0.453. The summed E-state index contributed by atoms with van der Waals surface area (Å²) in [7, 11) is 0. The summed E-state index contributed by atoms with van der Waals surface area (Å²) < 4.78 is 2.64. The molecule has 0 fully saturated rings. The Morgan fingerprint density at radius 1 is 1.06 bits per heavy atom. The van der Waals surface area contributed by atoms with Gasteiger partial charge in [-0.3, -0.25) is 13.9 Å². The summed E-state index contributed by atoms with van der Waals surface area (Å²) in [6, 6.07) is 5.23. The number of aromatic amines is 1. The monoisotopic (exact) mass is 496 g/mol. The molecule has 0 aliphatic heterocycles. The van der Waals surface area contributed by atoms with E-state index < -0.39 is 11.2 Å². The molecule has 0 radical (unpaired) electrons. The van der Waals surface area contributed by atoms with E-state index in [1.165, 1.54) is 13.9 Å².